The minimum atomic E-state index is -0.331. The highest BCUT2D eigenvalue weighted by atomic mass is 19.1. The van der Waals surface area contributed by atoms with Crippen molar-refractivity contribution in [1.82, 2.24) is 24.9 Å². The van der Waals surface area contributed by atoms with Gasteiger partial charge in [-0.25, -0.2) is 9.07 Å². The van der Waals surface area contributed by atoms with Crippen molar-refractivity contribution in [2.45, 2.75) is 6.42 Å². The highest BCUT2D eigenvalue weighted by molar-refractivity contribution is 5.92. The van der Waals surface area contributed by atoms with Crippen LogP contribution in [0.2, 0.25) is 0 Å². The van der Waals surface area contributed by atoms with E-state index in [-0.39, 0.29) is 28.9 Å². The van der Waals surface area contributed by atoms with Crippen molar-refractivity contribution in [1.29, 1.82) is 0 Å². The molecule has 154 valence electrons. The molecule has 1 saturated heterocycles. The Hall–Kier alpha value is -3.62. The van der Waals surface area contributed by atoms with Crippen molar-refractivity contribution in [3.05, 3.63) is 70.4 Å². The first-order chi connectivity index (χ1) is 14.5. The maximum absolute atomic E-state index is 13.3. The number of rotatable bonds is 5. The first-order valence-electron chi connectivity index (χ1n) is 9.56. The standard InChI is InChI=1S/C21H20FN5O3/c1-26-20(28)8-6-18(25-26)21(29)27-10-9-14(12-27)13-30-19-7-5-17(23-24-19)15-3-2-4-16(22)11-15/h2-8,11,14H,9-10,12-13H2,1H3. The Morgan fingerprint density at radius 2 is 2.07 bits per heavy atom. The van der Waals surface area contributed by atoms with Gasteiger partial charge < -0.3 is 9.64 Å². The number of aryl methyl sites for hydroxylation is 1. The Morgan fingerprint density at radius 3 is 2.80 bits per heavy atom. The maximum atomic E-state index is 13.3. The van der Waals surface area contributed by atoms with E-state index in [2.05, 4.69) is 15.3 Å². The van der Waals surface area contributed by atoms with Crippen molar-refractivity contribution < 1.29 is 13.9 Å². The number of amides is 1. The number of nitrogens with zero attached hydrogens (tertiary/aromatic N) is 5. The van der Waals surface area contributed by atoms with E-state index in [0.29, 0.717) is 36.8 Å². The number of likely N-dealkylation sites (tertiary alicyclic amines) is 1. The number of carbonyl (C=O) groups is 1. The third-order valence-electron chi connectivity index (χ3n) is 4.98. The molecule has 8 nitrogen and oxygen atoms in total. The van der Waals surface area contributed by atoms with Gasteiger partial charge in [0, 0.05) is 43.8 Å². The fourth-order valence-electron chi connectivity index (χ4n) is 3.33. The molecule has 1 aliphatic rings. The van der Waals surface area contributed by atoms with Crippen LogP contribution in [0.1, 0.15) is 16.9 Å². The van der Waals surface area contributed by atoms with E-state index >= 15 is 0 Å². The third-order valence-corrected chi connectivity index (χ3v) is 4.98. The summed E-state index contributed by atoms with van der Waals surface area (Å²) in [4.78, 5) is 25.7. The maximum Gasteiger partial charge on any atom is 0.274 e. The topological polar surface area (TPSA) is 90.2 Å². The Labute approximate surface area is 171 Å². The molecule has 0 aliphatic carbocycles. The molecule has 30 heavy (non-hydrogen) atoms. The van der Waals surface area contributed by atoms with Gasteiger partial charge in [0.05, 0.1) is 12.3 Å². The van der Waals surface area contributed by atoms with Gasteiger partial charge in [0.15, 0.2) is 0 Å². The summed E-state index contributed by atoms with van der Waals surface area (Å²) < 4.78 is 20.2. The van der Waals surface area contributed by atoms with Crippen LogP contribution in [0.25, 0.3) is 11.3 Å². The summed E-state index contributed by atoms with van der Waals surface area (Å²) in [5.74, 6) is 0.000979. The van der Waals surface area contributed by atoms with Crippen LogP contribution in [0, 0.1) is 11.7 Å². The number of aromatic nitrogens is 4. The van der Waals surface area contributed by atoms with Crippen LogP contribution in [-0.4, -0.2) is 50.5 Å². The second-order valence-electron chi connectivity index (χ2n) is 7.16. The van der Waals surface area contributed by atoms with Gasteiger partial charge in [-0.15, -0.1) is 10.2 Å². The van der Waals surface area contributed by atoms with E-state index in [1.54, 1.807) is 29.2 Å². The molecule has 2 aromatic heterocycles. The van der Waals surface area contributed by atoms with Crippen LogP contribution in [-0.2, 0) is 7.05 Å². The average molecular weight is 409 g/mol. The van der Waals surface area contributed by atoms with Crippen molar-refractivity contribution in [2.24, 2.45) is 13.0 Å². The predicted octanol–water partition coefficient (Wildman–Crippen LogP) is 1.92. The molecule has 3 heterocycles. The number of carbonyl (C=O) groups excluding carboxylic acids is 1. The zero-order valence-electron chi connectivity index (χ0n) is 16.4. The van der Waals surface area contributed by atoms with Gasteiger partial charge >= 0.3 is 0 Å². The van der Waals surface area contributed by atoms with E-state index in [9.17, 15) is 14.0 Å². The van der Waals surface area contributed by atoms with E-state index in [4.69, 9.17) is 4.74 Å². The van der Waals surface area contributed by atoms with Gasteiger partial charge in [-0.1, -0.05) is 12.1 Å². The molecular formula is C21H20FN5O3. The van der Waals surface area contributed by atoms with Crippen molar-refractivity contribution in [3.8, 4) is 17.1 Å². The molecule has 0 spiro atoms. The normalized spacial score (nSPS) is 15.9. The van der Waals surface area contributed by atoms with Crippen LogP contribution in [0.15, 0.2) is 53.3 Å². The Morgan fingerprint density at radius 1 is 1.20 bits per heavy atom. The molecule has 4 rings (SSSR count). The zero-order valence-corrected chi connectivity index (χ0v) is 16.4. The third kappa shape index (κ3) is 4.35. The largest absolute Gasteiger partial charge is 0.476 e. The fourth-order valence-corrected chi connectivity index (χ4v) is 3.33. The lowest BCUT2D eigenvalue weighted by molar-refractivity contribution is 0.0774. The predicted molar refractivity (Wildman–Crippen MR) is 106 cm³/mol. The summed E-state index contributed by atoms with van der Waals surface area (Å²) in [5, 5.41) is 12.2. The molecule has 0 N–H and O–H groups in total. The minimum Gasteiger partial charge on any atom is -0.476 e. The Balaban J connectivity index is 1.32. The first kappa shape index (κ1) is 19.7. The van der Waals surface area contributed by atoms with Gasteiger partial charge in [0.2, 0.25) is 5.88 Å². The Bertz CT molecular complexity index is 1120. The number of hydrogen-bond donors (Lipinski definition) is 0. The van der Waals surface area contributed by atoms with Crippen molar-refractivity contribution in [3.63, 3.8) is 0 Å². The summed E-state index contributed by atoms with van der Waals surface area (Å²) in [6.45, 7) is 1.54. The van der Waals surface area contributed by atoms with Crippen molar-refractivity contribution in [2.75, 3.05) is 19.7 Å². The number of benzene rings is 1. The van der Waals surface area contributed by atoms with Gasteiger partial charge in [0.1, 0.15) is 11.5 Å². The summed E-state index contributed by atoms with van der Waals surface area (Å²) >= 11 is 0. The summed E-state index contributed by atoms with van der Waals surface area (Å²) in [6, 6.07) is 12.4. The van der Waals surface area contributed by atoms with E-state index in [1.165, 1.54) is 31.3 Å². The average Bonchev–Trinajstić information content (AvgIpc) is 3.23. The lowest BCUT2D eigenvalue weighted by atomic mass is 10.1. The number of halogens is 1. The number of hydrogen-bond acceptors (Lipinski definition) is 6. The molecular weight excluding hydrogens is 389 g/mol. The van der Waals surface area contributed by atoms with Gasteiger partial charge in [-0.3, -0.25) is 9.59 Å². The van der Waals surface area contributed by atoms with E-state index in [0.717, 1.165) is 11.1 Å². The molecule has 3 aromatic rings. The molecule has 1 fully saturated rings. The quantitative estimate of drug-likeness (QED) is 0.640. The van der Waals surface area contributed by atoms with Gasteiger partial charge in [-0.2, -0.15) is 5.10 Å². The lowest BCUT2D eigenvalue weighted by Crippen LogP contribution is -2.32. The van der Waals surface area contributed by atoms with E-state index < -0.39 is 0 Å². The zero-order chi connectivity index (χ0) is 21.1. The minimum absolute atomic E-state index is 0.158. The smallest absolute Gasteiger partial charge is 0.274 e. The second-order valence-corrected chi connectivity index (χ2v) is 7.16. The Kier molecular flexibility index (Phi) is 5.51. The molecule has 1 aromatic carbocycles. The summed E-state index contributed by atoms with van der Waals surface area (Å²) in [5.41, 5.74) is 1.19. The molecule has 1 amide bonds. The lowest BCUT2D eigenvalue weighted by Gasteiger charge is -2.16. The molecule has 1 unspecified atom stereocenters. The number of ether oxygens (including phenoxy) is 1. The fraction of sp³-hybridized carbons (Fsp3) is 0.286. The first-order valence-corrected chi connectivity index (χ1v) is 9.56. The van der Waals surface area contributed by atoms with Crippen LogP contribution in [0.4, 0.5) is 4.39 Å². The molecule has 9 heteroatoms. The van der Waals surface area contributed by atoms with Crippen LogP contribution < -0.4 is 10.3 Å². The monoisotopic (exact) mass is 409 g/mol. The molecule has 0 bridgehead atoms. The van der Waals surface area contributed by atoms with Gasteiger partial charge in [0.25, 0.3) is 11.5 Å². The highest BCUT2D eigenvalue weighted by Crippen LogP contribution is 2.21. The van der Waals surface area contributed by atoms with Gasteiger partial charge in [-0.05, 0) is 30.7 Å². The van der Waals surface area contributed by atoms with E-state index in [1.807, 2.05) is 0 Å². The molecule has 1 aliphatic heterocycles. The van der Waals surface area contributed by atoms with Crippen LogP contribution in [0.3, 0.4) is 0 Å². The van der Waals surface area contributed by atoms with Crippen LogP contribution >= 0.6 is 0 Å². The second kappa shape index (κ2) is 8.40. The van der Waals surface area contributed by atoms with Crippen LogP contribution in [0.5, 0.6) is 5.88 Å². The van der Waals surface area contributed by atoms with Crippen molar-refractivity contribution >= 4 is 5.91 Å². The summed E-state index contributed by atoms with van der Waals surface area (Å²) in [6.07, 6.45) is 0.798. The molecule has 1 atom stereocenters. The summed E-state index contributed by atoms with van der Waals surface area (Å²) in [7, 11) is 1.51. The molecule has 0 radical (unpaired) electrons. The highest BCUT2D eigenvalue weighted by Gasteiger charge is 2.28. The SMILES string of the molecule is Cn1nc(C(=O)N2CCC(COc3ccc(-c4cccc(F)c4)nn3)C2)ccc1=O. The molecule has 0 saturated carbocycles.